The second-order valence-electron chi connectivity index (χ2n) is 6.07. The van der Waals surface area contributed by atoms with Crippen LogP contribution in [0.4, 0.5) is 14.6 Å². The highest BCUT2D eigenvalue weighted by molar-refractivity contribution is 5.75. The first kappa shape index (κ1) is 18.9. The molecule has 4 rings (SSSR count). The molecule has 0 saturated heterocycles. The fraction of sp³-hybridized carbons (Fsp3) is 0. The van der Waals surface area contributed by atoms with E-state index in [-0.39, 0.29) is 34.5 Å². The number of halogens is 2. The molecule has 7 nitrogen and oxygen atoms in total. The van der Waals surface area contributed by atoms with Crippen LogP contribution in [-0.4, -0.2) is 19.9 Å². The zero-order chi connectivity index (χ0) is 21.1. The summed E-state index contributed by atoms with van der Waals surface area (Å²) in [5.74, 6) is -0.992. The number of aromatic nitrogens is 4. The zero-order valence-electron chi connectivity index (χ0n) is 15.3. The lowest BCUT2D eigenvalue weighted by Gasteiger charge is -2.12. The summed E-state index contributed by atoms with van der Waals surface area (Å²) < 4.78 is 34.3. The van der Waals surface area contributed by atoms with Gasteiger partial charge in [0, 0.05) is 29.6 Å². The molecule has 30 heavy (non-hydrogen) atoms. The van der Waals surface area contributed by atoms with Gasteiger partial charge in [0.1, 0.15) is 35.0 Å². The minimum atomic E-state index is -0.644. The molecule has 0 aliphatic heterocycles. The summed E-state index contributed by atoms with van der Waals surface area (Å²) in [6, 6.07) is 11.7. The fourth-order valence-corrected chi connectivity index (χ4v) is 2.81. The van der Waals surface area contributed by atoms with Crippen molar-refractivity contribution in [2.45, 2.75) is 0 Å². The van der Waals surface area contributed by atoms with Crippen LogP contribution in [0, 0.1) is 23.0 Å². The third-order valence-corrected chi connectivity index (χ3v) is 4.12. The summed E-state index contributed by atoms with van der Waals surface area (Å²) in [6.07, 6.45) is 4.21. The van der Waals surface area contributed by atoms with Crippen molar-refractivity contribution in [1.82, 2.24) is 19.9 Å². The highest BCUT2D eigenvalue weighted by atomic mass is 19.1. The van der Waals surface area contributed by atoms with Gasteiger partial charge in [-0.1, -0.05) is 6.07 Å². The average molecular weight is 402 g/mol. The minimum Gasteiger partial charge on any atom is -0.424 e. The number of nitriles is 1. The van der Waals surface area contributed by atoms with Crippen LogP contribution in [0.1, 0.15) is 5.69 Å². The Morgan fingerprint density at radius 2 is 1.73 bits per heavy atom. The number of nitrogens with two attached hydrogens (primary N) is 1. The smallest absolute Gasteiger partial charge is 0.321 e. The molecule has 0 aliphatic carbocycles. The molecule has 0 amide bonds. The molecule has 2 aromatic carbocycles. The molecule has 0 aliphatic rings. The summed E-state index contributed by atoms with van der Waals surface area (Å²) in [5.41, 5.74) is 6.45. The SMILES string of the molecule is N#Cc1nc(N)cnc1-c1ccc(-c2ccc(F)cc2Oc2ncccn2)cc1F. The van der Waals surface area contributed by atoms with Gasteiger partial charge in [-0.15, -0.1) is 0 Å². The van der Waals surface area contributed by atoms with Crippen molar-refractivity contribution in [3.05, 3.63) is 78.4 Å². The molecule has 2 heterocycles. The highest BCUT2D eigenvalue weighted by Crippen LogP contribution is 2.35. The molecule has 2 aromatic heterocycles. The lowest BCUT2D eigenvalue weighted by atomic mass is 10.0. The maximum atomic E-state index is 14.9. The van der Waals surface area contributed by atoms with Gasteiger partial charge in [-0.05, 0) is 35.9 Å². The first-order chi connectivity index (χ1) is 14.5. The van der Waals surface area contributed by atoms with Crippen LogP contribution in [0.25, 0.3) is 22.4 Å². The molecule has 0 unspecified atom stereocenters. The predicted molar refractivity (Wildman–Crippen MR) is 104 cm³/mol. The maximum Gasteiger partial charge on any atom is 0.321 e. The molecule has 0 bridgehead atoms. The minimum absolute atomic E-state index is 0.0252. The van der Waals surface area contributed by atoms with Gasteiger partial charge in [0.25, 0.3) is 0 Å². The Bertz CT molecular complexity index is 1270. The van der Waals surface area contributed by atoms with E-state index < -0.39 is 11.6 Å². The van der Waals surface area contributed by atoms with E-state index in [1.807, 2.05) is 6.07 Å². The van der Waals surface area contributed by atoms with Crippen molar-refractivity contribution in [1.29, 1.82) is 5.26 Å². The molecule has 0 atom stereocenters. The molecule has 2 N–H and O–H groups in total. The van der Waals surface area contributed by atoms with Gasteiger partial charge in [-0.25, -0.2) is 28.7 Å². The zero-order valence-corrected chi connectivity index (χ0v) is 15.3. The number of nitrogen functional groups attached to an aromatic ring is 1. The van der Waals surface area contributed by atoms with Gasteiger partial charge in [0.15, 0.2) is 5.69 Å². The molecular formula is C21H12F2N6O. The van der Waals surface area contributed by atoms with E-state index >= 15 is 0 Å². The van der Waals surface area contributed by atoms with Crippen molar-refractivity contribution in [3.8, 4) is 40.2 Å². The Morgan fingerprint density at radius 1 is 0.967 bits per heavy atom. The van der Waals surface area contributed by atoms with Gasteiger partial charge in [0.2, 0.25) is 0 Å². The first-order valence-electron chi connectivity index (χ1n) is 8.62. The van der Waals surface area contributed by atoms with Crippen molar-refractivity contribution >= 4 is 5.82 Å². The van der Waals surface area contributed by atoms with E-state index in [4.69, 9.17) is 10.5 Å². The summed E-state index contributed by atoms with van der Waals surface area (Å²) >= 11 is 0. The van der Waals surface area contributed by atoms with E-state index in [2.05, 4.69) is 19.9 Å². The molecule has 9 heteroatoms. The summed E-state index contributed by atoms with van der Waals surface area (Å²) in [6.45, 7) is 0. The molecular weight excluding hydrogens is 390 g/mol. The van der Waals surface area contributed by atoms with E-state index in [1.165, 1.54) is 42.9 Å². The summed E-state index contributed by atoms with van der Waals surface area (Å²) in [7, 11) is 0. The third-order valence-electron chi connectivity index (χ3n) is 4.12. The van der Waals surface area contributed by atoms with Crippen LogP contribution in [0.3, 0.4) is 0 Å². The maximum absolute atomic E-state index is 14.9. The van der Waals surface area contributed by atoms with Crippen molar-refractivity contribution in [2.75, 3.05) is 5.73 Å². The van der Waals surface area contributed by atoms with Gasteiger partial charge >= 0.3 is 6.01 Å². The van der Waals surface area contributed by atoms with Gasteiger partial charge in [-0.3, -0.25) is 0 Å². The van der Waals surface area contributed by atoms with Crippen LogP contribution in [0.15, 0.2) is 61.1 Å². The Morgan fingerprint density at radius 3 is 2.47 bits per heavy atom. The average Bonchev–Trinajstić information content (AvgIpc) is 2.75. The third kappa shape index (κ3) is 3.74. The Labute approximate surface area is 169 Å². The van der Waals surface area contributed by atoms with E-state index in [9.17, 15) is 14.0 Å². The predicted octanol–water partition coefficient (Wildman–Crippen LogP) is 4.12. The molecule has 0 spiro atoms. The topological polar surface area (TPSA) is 111 Å². The molecule has 0 saturated carbocycles. The second kappa shape index (κ2) is 7.89. The lowest BCUT2D eigenvalue weighted by Crippen LogP contribution is -2.00. The van der Waals surface area contributed by atoms with Gasteiger partial charge in [0.05, 0.1) is 6.20 Å². The van der Waals surface area contributed by atoms with Crippen LogP contribution in [0.5, 0.6) is 11.8 Å². The monoisotopic (exact) mass is 402 g/mol. The number of hydrogen-bond acceptors (Lipinski definition) is 7. The van der Waals surface area contributed by atoms with Crippen LogP contribution in [-0.2, 0) is 0 Å². The number of anilines is 1. The number of nitrogens with zero attached hydrogens (tertiary/aromatic N) is 5. The molecule has 0 radical (unpaired) electrons. The van der Waals surface area contributed by atoms with Crippen molar-refractivity contribution < 1.29 is 13.5 Å². The molecule has 0 fully saturated rings. The van der Waals surface area contributed by atoms with E-state index in [0.717, 1.165) is 6.07 Å². The Hall–Kier alpha value is -4.45. The van der Waals surface area contributed by atoms with Crippen LogP contribution < -0.4 is 10.5 Å². The fourth-order valence-electron chi connectivity index (χ4n) is 2.81. The number of rotatable bonds is 4. The number of ether oxygens (including phenoxy) is 1. The Balaban J connectivity index is 1.76. The first-order valence-corrected chi connectivity index (χ1v) is 8.62. The van der Waals surface area contributed by atoms with Crippen molar-refractivity contribution in [2.24, 2.45) is 0 Å². The van der Waals surface area contributed by atoms with Gasteiger partial charge < -0.3 is 10.5 Å². The normalized spacial score (nSPS) is 10.4. The quantitative estimate of drug-likeness (QED) is 0.546. The van der Waals surface area contributed by atoms with Crippen LogP contribution >= 0.6 is 0 Å². The van der Waals surface area contributed by atoms with Crippen LogP contribution in [0.2, 0.25) is 0 Å². The summed E-state index contributed by atoms with van der Waals surface area (Å²) in [5, 5.41) is 9.24. The second-order valence-corrected chi connectivity index (χ2v) is 6.07. The van der Waals surface area contributed by atoms with E-state index in [1.54, 1.807) is 12.1 Å². The Kier molecular flexibility index (Phi) is 4.97. The van der Waals surface area contributed by atoms with E-state index in [0.29, 0.717) is 11.1 Å². The van der Waals surface area contributed by atoms with Crippen molar-refractivity contribution in [3.63, 3.8) is 0 Å². The number of hydrogen-bond donors (Lipinski definition) is 1. The summed E-state index contributed by atoms with van der Waals surface area (Å²) in [4.78, 5) is 15.8. The lowest BCUT2D eigenvalue weighted by molar-refractivity contribution is 0.439. The van der Waals surface area contributed by atoms with Gasteiger partial charge in [-0.2, -0.15) is 5.26 Å². The largest absolute Gasteiger partial charge is 0.424 e. The molecule has 146 valence electrons. The molecule has 4 aromatic rings. The standard InChI is InChI=1S/C21H12F2N6O/c22-13-3-5-14(18(9-13)30-21-26-6-1-7-27-21)12-2-4-15(16(23)8-12)20-17(10-24)29-19(25)11-28-20/h1-9,11H,(H2,25,29). The highest BCUT2D eigenvalue weighted by Gasteiger charge is 2.16. The number of benzene rings is 2.